The number of furan rings is 1. The molecule has 6 nitrogen and oxygen atoms in total. The molecule has 178 valence electrons. The summed E-state index contributed by atoms with van der Waals surface area (Å²) in [6, 6.07) is 14.1. The van der Waals surface area contributed by atoms with E-state index in [9.17, 15) is 21.6 Å². The Balaban J connectivity index is 1.48. The van der Waals surface area contributed by atoms with Crippen LogP contribution in [0.15, 0.2) is 74.5 Å². The van der Waals surface area contributed by atoms with Gasteiger partial charge in [0.05, 0.1) is 10.5 Å². The van der Waals surface area contributed by atoms with E-state index in [0.717, 1.165) is 24.1 Å². The van der Waals surface area contributed by atoms with Gasteiger partial charge >= 0.3 is 6.18 Å². The Morgan fingerprint density at radius 1 is 0.941 bits per heavy atom. The Kier molecular flexibility index (Phi) is 6.35. The zero-order valence-corrected chi connectivity index (χ0v) is 19.2. The van der Waals surface area contributed by atoms with Gasteiger partial charge in [0.2, 0.25) is 5.82 Å². The molecule has 4 rings (SSSR count). The van der Waals surface area contributed by atoms with E-state index < -0.39 is 21.6 Å². The maximum Gasteiger partial charge on any atom is 0.416 e. The lowest BCUT2D eigenvalue weighted by Crippen LogP contribution is -2.04. The predicted octanol–water partition coefficient (Wildman–Crippen LogP) is 6.19. The first-order valence-corrected chi connectivity index (χ1v) is 12.1. The largest absolute Gasteiger partial charge is 0.455 e. The zero-order chi connectivity index (χ0) is 24.5. The van der Waals surface area contributed by atoms with E-state index in [2.05, 4.69) is 24.0 Å². The number of aromatic nitrogens is 2. The summed E-state index contributed by atoms with van der Waals surface area (Å²) in [6.45, 7) is 4.18. The first kappa shape index (κ1) is 23.7. The summed E-state index contributed by atoms with van der Waals surface area (Å²) >= 11 is 0. The molecule has 0 saturated carbocycles. The molecular formula is C24H21F3N2O4S. The van der Waals surface area contributed by atoms with E-state index >= 15 is 0 Å². The van der Waals surface area contributed by atoms with Crippen LogP contribution in [0.4, 0.5) is 13.2 Å². The van der Waals surface area contributed by atoms with Crippen LogP contribution >= 0.6 is 0 Å². The molecule has 0 unspecified atom stereocenters. The first-order chi connectivity index (χ1) is 16.0. The maximum atomic E-state index is 12.8. The first-order valence-electron chi connectivity index (χ1n) is 10.4. The molecule has 0 aliphatic heterocycles. The number of halogens is 3. The molecule has 10 heteroatoms. The van der Waals surface area contributed by atoms with Crippen molar-refractivity contribution in [2.24, 2.45) is 5.92 Å². The monoisotopic (exact) mass is 490 g/mol. The van der Waals surface area contributed by atoms with Crippen LogP contribution in [0.25, 0.3) is 23.0 Å². The van der Waals surface area contributed by atoms with Crippen molar-refractivity contribution in [3.63, 3.8) is 0 Å². The van der Waals surface area contributed by atoms with Crippen molar-refractivity contribution >= 4 is 9.84 Å². The van der Waals surface area contributed by atoms with Crippen molar-refractivity contribution in [1.29, 1.82) is 0 Å². The Bertz CT molecular complexity index is 1370. The van der Waals surface area contributed by atoms with Crippen LogP contribution < -0.4 is 0 Å². The van der Waals surface area contributed by atoms with E-state index in [1.165, 1.54) is 24.3 Å². The van der Waals surface area contributed by atoms with Gasteiger partial charge in [-0.1, -0.05) is 43.3 Å². The third-order valence-electron chi connectivity index (χ3n) is 5.03. The fourth-order valence-corrected chi connectivity index (χ4v) is 4.64. The highest BCUT2D eigenvalue weighted by molar-refractivity contribution is 7.90. The average Bonchev–Trinajstić information content (AvgIpc) is 3.42. The fourth-order valence-electron chi connectivity index (χ4n) is 3.39. The Morgan fingerprint density at radius 3 is 2.24 bits per heavy atom. The molecule has 0 bridgehead atoms. The molecule has 4 aromatic rings. The minimum atomic E-state index is -4.44. The predicted molar refractivity (Wildman–Crippen MR) is 118 cm³/mol. The van der Waals surface area contributed by atoms with E-state index in [1.807, 2.05) is 12.1 Å². The molecule has 0 radical (unpaired) electrons. The fraction of sp³-hybridized carbons (Fsp3) is 0.250. The van der Waals surface area contributed by atoms with Gasteiger partial charge in [-0.05, 0) is 54.3 Å². The van der Waals surface area contributed by atoms with Gasteiger partial charge in [0, 0.05) is 5.56 Å². The van der Waals surface area contributed by atoms with E-state index in [1.54, 1.807) is 12.1 Å². The molecule has 0 saturated heterocycles. The SMILES string of the molecule is CC(C)Cc1ccc(S(=O)(=O)Cc2ccc(-c3nc(-c4ccc(C(F)(F)F)cc4)no3)o2)cc1. The molecular weight excluding hydrogens is 469 g/mol. The molecule has 34 heavy (non-hydrogen) atoms. The second-order valence-corrected chi connectivity index (χ2v) is 10.3. The second-order valence-electron chi connectivity index (χ2n) is 8.27. The Labute approximate surface area is 194 Å². The van der Waals surface area contributed by atoms with E-state index in [4.69, 9.17) is 8.94 Å². The molecule has 0 atom stereocenters. The van der Waals surface area contributed by atoms with Crippen LogP contribution in [0.2, 0.25) is 0 Å². The maximum absolute atomic E-state index is 12.8. The molecule has 0 aliphatic carbocycles. The van der Waals surface area contributed by atoms with E-state index in [0.29, 0.717) is 11.5 Å². The lowest BCUT2D eigenvalue weighted by atomic mass is 10.0. The Hall–Kier alpha value is -3.40. The summed E-state index contributed by atoms with van der Waals surface area (Å²) in [7, 11) is -3.63. The summed E-state index contributed by atoms with van der Waals surface area (Å²) < 4.78 is 74.5. The number of hydrogen-bond donors (Lipinski definition) is 0. The molecule has 0 aliphatic rings. The van der Waals surface area contributed by atoms with Gasteiger partial charge in [0.15, 0.2) is 15.6 Å². The van der Waals surface area contributed by atoms with Crippen LogP contribution in [-0.2, 0) is 28.2 Å². The van der Waals surface area contributed by atoms with Gasteiger partial charge < -0.3 is 8.94 Å². The quantitative estimate of drug-likeness (QED) is 0.307. The van der Waals surface area contributed by atoms with E-state index in [-0.39, 0.29) is 33.9 Å². The van der Waals surface area contributed by atoms with Gasteiger partial charge in [-0.2, -0.15) is 18.2 Å². The number of sulfone groups is 1. The summed E-state index contributed by atoms with van der Waals surface area (Å²) in [5, 5.41) is 3.77. The second kappa shape index (κ2) is 9.09. The topological polar surface area (TPSA) is 86.2 Å². The standard InChI is InChI=1S/C24H21F3N2O4S/c1-15(2)13-16-3-10-20(11-4-16)34(30,31)14-19-9-12-21(32-19)23-28-22(29-33-23)17-5-7-18(8-6-17)24(25,26)27/h3-12,15H,13-14H2,1-2H3. The zero-order valence-electron chi connectivity index (χ0n) is 18.3. The highest BCUT2D eigenvalue weighted by Crippen LogP contribution is 2.31. The molecule has 2 aromatic heterocycles. The number of benzene rings is 2. The van der Waals surface area contributed by atoms with Crippen LogP contribution in [0, 0.1) is 5.92 Å². The van der Waals surface area contributed by atoms with Crippen LogP contribution in [0.3, 0.4) is 0 Å². The van der Waals surface area contributed by atoms with Crippen LogP contribution in [0.5, 0.6) is 0 Å². The number of rotatable bonds is 7. The molecule has 0 fully saturated rings. The van der Waals surface area contributed by atoms with Crippen molar-refractivity contribution in [3.05, 3.63) is 77.6 Å². The van der Waals surface area contributed by atoms with Crippen molar-refractivity contribution < 1.29 is 30.5 Å². The van der Waals surface area contributed by atoms with Gasteiger partial charge in [-0.15, -0.1) is 0 Å². The Morgan fingerprint density at radius 2 is 1.62 bits per heavy atom. The normalized spacial score (nSPS) is 12.4. The van der Waals surface area contributed by atoms with Crippen molar-refractivity contribution in [1.82, 2.24) is 10.1 Å². The van der Waals surface area contributed by atoms with Crippen molar-refractivity contribution in [3.8, 4) is 23.0 Å². The summed E-state index contributed by atoms with van der Waals surface area (Å²) in [5.41, 5.74) is 0.610. The number of hydrogen-bond acceptors (Lipinski definition) is 6. The average molecular weight is 491 g/mol. The van der Waals surface area contributed by atoms with Crippen molar-refractivity contribution in [2.75, 3.05) is 0 Å². The van der Waals surface area contributed by atoms with Gasteiger partial charge in [0.1, 0.15) is 11.5 Å². The van der Waals surface area contributed by atoms with Gasteiger partial charge in [-0.25, -0.2) is 8.42 Å². The molecule has 0 amide bonds. The molecule has 2 aromatic carbocycles. The summed E-state index contributed by atoms with van der Waals surface area (Å²) in [6.07, 6.45) is -3.58. The van der Waals surface area contributed by atoms with Crippen molar-refractivity contribution in [2.45, 2.75) is 37.1 Å². The molecule has 0 spiro atoms. The van der Waals surface area contributed by atoms with Crippen LogP contribution in [-0.4, -0.2) is 18.6 Å². The highest BCUT2D eigenvalue weighted by Gasteiger charge is 2.30. The van der Waals surface area contributed by atoms with Gasteiger partial charge in [0.25, 0.3) is 5.89 Å². The highest BCUT2D eigenvalue weighted by atomic mass is 32.2. The molecule has 0 N–H and O–H groups in total. The summed E-state index contributed by atoms with van der Waals surface area (Å²) in [4.78, 5) is 4.34. The minimum Gasteiger partial charge on any atom is -0.455 e. The smallest absolute Gasteiger partial charge is 0.416 e. The van der Waals surface area contributed by atoms with Gasteiger partial charge in [-0.3, -0.25) is 0 Å². The molecule has 2 heterocycles. The number of nitrogens with zero attached hydrogens (tertiary/aromatic N) is 2. The van der Waals surface area contributed by atoms with Crippen LogP contribution in [0.1, 0.15) is 30.7 Å². The number of alkyl halides is 3. The third kappa shape index (κ3) is 5.39. The summed E-state index contributed by atoms with van der Waals surface area (Å²) in [5.74, 6) is 0.524. The third-order valence-corrected chi connectivity index (χ3v) is 6.68. The lowest BCUT2D eigenvalue weighted by Gasteiger charge is -2.07. The lowest BCUT2D eigenvalue weighted by molar-refractivity contribution is -0.137. The minimum absolute atomic E-state index is 0.0171.